The van der Waals surface area contributed by atoms with Crippen molar-refractivity contribution in [2.45, 2.75) is 31.7 Å². The highest BCUT2D eigenvalue weighted by Crippen LogP contribution is 2.25. The fourth-order valence-corrected chi connectivity index (χ4v) is 3.07. The summed E-state index contributed by atoms with van der Waals surface area (Å²) in [5.41, 5.74) is 0.986. The normalized spacial score (nSPS) is 21.7. The third-order valence-electron chi connectivity index (χ3n) is 4.23. The average Bonchev–Trinajstić information content (AvgIpc) is 2.90. The quantitative estimate of drug-likeness (QED) is 0.815. The van der Waals surface area contributed by atoms with Gasteiger partial charge in [-0.05, 0) is 37.1 Å². The van der Waals surface area contributed by atoms with Crippen LogP contribution in [0.4, 0.5) is 4.39 Å². The molecule has 2 atom stereocenters. The number of H-pyrrole nitrogens is 1. The number of nitrogens with one attached hydrogen (secondary N) is 2. The maximum Gasteiger partial charge on any atom is 0.308 e. The maximum atomic E-state index is 13.2. The van der Waals surface area contributed by atoms with E-state index in [0.717, 1.165) is 12.8 Å². The van der Waals surface area contributed by atoms with Crippen LogP contribution >= 0.6 is 0 Å². The van der Waals surface area contributed by atoms with Crippen LogP contribution in [0.2, 0.25) is 0 Å². The Kier molecular flexibility index (Phi) is 3.83. The van der Waals surface area contributed by atoms with Crippen molar-refractivity contribution in [3.05, 3.63) is 35.8 Å². The van der Waals surface area contributed by atoms with Crippen LogP contribution in [-0.2, 0) is 4.79 Å². The number of rotatable bonds is 3. The summed E-state index contributed by atoms with van der Waals surface area (Å²) in [5.74, 6) is -2.13. The lowest BCUT2D eigenvalue weighted by molar-refractivity contribution is -0.143. The number of aliphatic carboxylic acids is 1. The Labute approximate surface area is 126 Å². The Hall–Kier alpha value is -2.37. The third-order valence-corrected chi connectivity index (χ3v) is 4.23. The Balaban J connectivity index is 1.78. The minimum Gasteiger partial charge on any atom is -0.481 e. The van der Waals surface area contributed by atoms with Crippen molar-refractivity contribution >= 4 is 22.8 Å². The van der Waals surface area contributed by atoms with Crippen LogP contribution < -0.4 is 5.32 Å². The van der Waals surface area contributed by atoms with E-state index in [4.69, 9.17) is 0 Å². The van der Waals surface area contributed by atoms with Gasteiger partial charge in [-0.25, -0.2) is 4.39 Å². The van der Waals surface area contributed by atoms with Crippen molar-refractivity contribution in [2.24, 2.45) is 5.92 Å². The lowest BCUT2D eigenvalue weighted by Gasteiger charge is -2.29. The van der Waals surface area contributed by atoms with Gasteiger partial charge in [0.1, 0.15) is 11.5 Å². The van der Waals surface area contributed by atoms with Crippen molar-refractivity contribution in [1.29, 1.82) is 0 Å². The van der Waals surface area contributed by atoms with Gasteiger partial charge in [0.05, 0.1) is 5.92 Å². The number of amides is 1. The zero-order chi connectivity index (χ0) is 15.7. The largest absolute Gasteiger partial charge is 0.481 e. The number of benzene rings is 1. The number of aromatic nitrogens is 1. The number of carboxylic acids is 1. The van der Waals surface area contributed by atoms with Gasteiger partial charge in [0.15, 0.2) is 0 Å². The van der Waals surface area contributed by atoms with E-state index in [-0.39, 0.29) is 17.8 Å². The lowest BCUT2D eigenvalue weighted by Crippen LogP contribution is -2.45. The Morgan fingerprint density at radius 3 is 2.77 bits per heavy atom. The molecule has 116 valence electrons. The van der Waals surface area contributed by atoms with Gasteiger partial charge in [-0.3, -0.25) is 9.59 Å². The van der Waals surface area contributed by atoms with Gasteiger partial charge in [-0.2, -0.15) is 0 Å². The van der Waals surface area contributed by atoms with Gasteiger partial charge in [0, 0.05) is 16.9 Å². The van der Waals surface area contributed by atoms with Crippen LogP contribution in [0.25, 0.3) is 10.9 Å². The number of carboxylic acid groups (broad SMARTS) is 1. The molecule has 3 N–H and O–H groups in total. The number of fused-ring (bicyclic) bond motifs is 1. The van der Waals surface area contributed by atoms with E-state index < -0.39 is 11.9 Å². The second kappa shape index (κ2) is 5.79. The predicted octanol–water partition coefficient (Wildman–Crippen LogP) is 2.68. The molecule has 1 heterocycles. The van der Waals surface area contributed by atoms with Gasteiger partial charge in [-0.15, -0.1) is 0 Å². The molecule has 0 spiro atoms. The highest BCUT2D eigenvalue weighted by Gasteiger charge is 2.32. The first-order chi connectivity index (χ1) is 10.5. The highest BCUT2D eigenvalue weighted by molar-refractivity contribution is 5.98. The van der Waals surface area contributed by atoms with Gasteiger partial charge in [0.25, 0.3) is 5.91 Å². The third kappa shape index (κ3) is 2.81. The first-order valence-corrected chi connectivity index (χ1v) is 7.36. The molecule has 1 amide bonds. The molecule has 0 bridgehead atoms. The highest BCUT2D eigenvalue weighted by atomic mass is 19.1. The van der Waals surface area contributed by atoms with Crippen molar-refractivity contribution in [3.8, 4) is 0 Å². The molecule has 0 radical (unpaired) electrons. The van der Waals surface area contributed by atoms with Crippen LogP contribution in [-0.4, -0.2) is 28.0 Å². The number of hydrogen-bond donors (Lipinski definition) is 3. The zero-order valence-corrected chi connectivity index (χ0v) is 11.9. The summed E-state index contributed by atoms with van der Waals surface area (Å²) in [6.45, 7) is 0. The first kappa shape index (κ1) is 14.6. The Morgan fingerprint density at radius 2 is 2.00 bits per heavy atom. The number of halogens is 1. The van der Waals surface area contributed by atoms with Gasteiger partial charge < -0.3 is 15.4 Å². The summed E-state index contributed by atoms with van der Waals surface area (Å²) in [6.07, 6.45) is 3.03. The Bertz CT molecular complexity index is 725. The molecule has 1 saturated carbocycles. The smallest absolute Gasteiger partial charge is 0.308 e. The molecule has 2 aromatic rings. The number of aromatic amines is 1. The van der Waals surface area contributed by atoms with Crippen LogP contribution in [0.3, 0.4) is 0 Å². The predicted molar refractivity (Wildman–Crippen MR) is 79.1 cm³/mol. The summed E-state index contributed by atoms with van der Waals surface area (Å²) in [5, 5.41) is 12.6. The maximum absolute atomic E-state index is 13.2. The molecule has 5 nitrogen and oxygen atoms in total. The summed E-state index contributed by atoms with van der Waals surface area (Å²) in [4.78, 5) is 26.5. The molecule has 1 fully saturated rings. The molecular weight excluding hydrogens is 287 g/mol. The van der Waals surface area contributed by atoms with E-state index in [1.807, 2.05) is 0 Å². The zero-order valence-electron chi connectivity index (χ0n) is 11.9. The van der Waals surface area contributed by atoms with E-state index >= 15 is 0 Å². The molecule has 1 aliphatic rings. The summed E-state index contributed by atoms with van der Waals surface area (Å²) < 4.78 is 13.2. The van der Waals surface area contributed by atoms with Crippen molar-refractivity contribution in [2.75, 3.05) is 0 Å². The molecule has 1 aliphatic carbocycles. The molecule has 0 saturated heterocycles. The number of carbonyl (C=O) groups is 2. The Morgan fingerprint density at radius 1 is 1.23 bits per heavy atom. The molecule has 3 rings (SSSR count). The van der Waals surface area contributed by atoms with Crippen LogP contribution in [0.5, 0.6) is 0 Å². The lowest BCUT2D eigenvalue weighted by atomic mass is 9.84. The number of hydrogen-bond acceptors (Lipinski definition) is 2. The van der Waals surface area contributed by atoms with Crippen molar-refractivity contribution in [1.82, 2.24) is 10.3 Å². The van der Waals surface area contributed by atoms with Crippen LogP contribution in [0.15, 0.2) is 24.3 Å². The van der Waals surface area contributed by atoms with E-state index in [1.165, 1.54) is 12.1 Å². The standard InChI is InChI=1S/C16H17FN2O3/c17-10-5-6-12-9(7-10)8-14(18-12)15(20)19-13-4-2-1-3-11(13)16(21)22/h5-8,11,13,18H,1-4H2,(H,19,20)(H,21,22)/t11-,13+/m1/s1. The summed E-state index contributed by atoms with van der Waals surface area (Å²) in [6, 6.07) is 5.46. The molecule has 1 aromatic carbocycles. The van der Waals surface area contributed by atoms with Crippen molar-refractivity contribution in [3.63, 3.8) is 0 Å². The van der Waals surface area contributed by atoms with Gasteiger partial charge in [0.2, 0.25) is 0 Å². The minimum atomic E-state index is -0.872. The second-order valence-corrected chi connectivity index (χ2v) is 5.72. The molecule has 22 heavy (non-hydrogen) atoms. The second-order valence-electron chi connectivity index (χ2n) is 5.72. The summed E-state index contributed by atoms with van der Waals surface area (Å²) >= 11 is 0. The average molecular weight is 304 g/mol. The SMILES string of the molecule is O=C(N[C@H]1CCCC[C@H]1C(=O)O)c1cc2cc(F)ccc2[nH]1. The topological polar surface area (TPSA) is 82.2 Å². The molecule has 0 aliphatic heterocycles. The van der Waals surface area contributed by atoms with Gasteiger partial charge in [-0.1, -0.05) is 12.8 Å². The van der Waals surface area contributed by atoms with Crippen LogP contribution in [0.1, 0.15) is 36.2 Å². The number of carbonyl (C=O) groups excluding carboxylic acids is 1. The first-order valence-electron chi connectivity index (χ1n) is 7.36. The minimum absolute atomic E-state index is 0.315. The molecule has 0 unspecified atom stereocenters. The van der Waals surface area contributed by atoms with E-state index in [9.17, 15) is 19.1 Å². The van der Waals surface area contributed by atoms with E-state index in [2.05, 4.69) is 10.3 Å². The molecular formula is C16H17FN2O3. The van der Waals surface area contributed by atoms with Crippen molar-refractivity contribution < 1.29 is 19.1 Å². The fourth-order valence-electron chi connectivity index (χ4n) is 3.07. The monoisotopic (exact) mass is 304 g/mol. The van der Waals surface area contributed by atoms with E-state index in [0.29, 0.717) is 29.4 Å². The molecule has 6 heteroatoms. The molecule has 1 aromatic heterocycles. The van der Waals surface area contributed by atoms with E-state index in [1.54, 1.807) is 12.1 Å². The fraction of sp³-hybridized carbons (Fsp3) is 0.375. The van der Waals surface area contributed by atoms with Gasteiger partial charge >= 0.3 is 5.97 Å². The summed E-state index contributed by atoms with van der Waals surface area (Å²) in [7, 11) is 0. The van der Waals surface area contributed by atoms with Crippen LogP contribution in [0, 0.1) is 11.7 Å².